The van der Waals surface area contributed by atoms with Gasteiger partial charge in [-0.3, -0.25) is 4.79 Å². The standard InChI is InChI=1S/C21H22ClN5OS/c1-14-3-6-17(7-4-14)26-9-11-27(12-10-26)20(28)19-15(2)24-21(29-19)25-18-8-5-16(22)13-23-18/h3-8,13H,9-12H2,1-2H3,(H,23,24,25). The molecule has 1 fully saturated rings. The zero-order chi connectivity index (χ0) is 20.4. The van der Waals surface area contributed by atoms with E-state index in [1.54, 1.807) is 18.3 Å². The number of benzene rings is 1. The Balaban J connectivity index is 1.40. The molecule has 3 heterocycles. The lowest BCUT2D eigenvalue weighted by Gasteiger charge is -2.36. The van der Waals surface area contributed by atoms with Crippen LogP contribution in [0.25, 0.3) is 0 Å². The van der Waals surface area contributed by atoms with Gasteiger partial charge in [0.1, 0.15) is 10.7 Å². The third kappa shape index (κ3) is 4.52. The Morgan fingerprint density at radius 2 is 1.79 bits per heavy atom. The van der Waals surface area contributed by atoms with E-state index in [0.29, 0.717) is 33.9 Å². The van der Waals surface area contributed by atoms with E-state index in [-0.39, 0.29) is 5.91 Å². The molecule has 0 saturated carbocycles. The van der Waals surface area contributed by atoms with Gasteiger partial charge in [0.15, 0.2) is 5.13 Å². The number of thiazole rings is 1. The summed E-state index contributed by atoms with van der Waals surface area (Å²) in [5.41, 5.74) is 3.19. The van der Waals surface area contributed by atoms with Crippen LogP contribution in [0.1, 0.15) is 20.9 Å². The molecule has 6 nitrogen and oxygen atoms in total. The first-order chi connectivity index (χ1) is 14.0. The van der Waals surface area contributed by atoms with E-state index in [1.807, 2.05) is 11.8 Å². The minimum absolute atomic E-state index is 0.0423. The Labute approximate surface area is 179 Å². The Bertz CT molecular complexity index is 995. The maximum atomic E-state index is 13.0. The highest BCUT2D eigenvalue weighted by molar-refractivity contribution is 7.17. The second-order valence-electron chi connectivity index (χ2n) is 7.04. The Morgan fingerprint density at radius 3 is 2.45 bits per heavy atom. The van der Waals surface area contributed by atoms with Crippen molar-refractivity contribution >= 4 is 45.5 Å². The van der Waals surface area contributed by atoms with Crippen LogP contribution in [-0.4, -0.2) is 47.0 Å². The Kier molecular flexibility index (Phi) is 5.69. The molecule has 2 aromatic heterocycles. The monoisotopic (exact) mass is 427 g/mol. The number of pyridine rings is 1. The van der Waals surface area contributed by atoms with Gasteiger partial charge in [-0.05, 0) is 38.1 Å². The number of hydrogen-bond acceptors (Lipinski definition) is 6. The number of carbonyl (C=O) groups is 1. The molecule has 29 heavy (non-hydrogen) atoms. The number of aromatic nitrogens is 2. The quantitative estimate of drug-likeness (QED) is 0.663. The van der Waals surface area contributed by atoms with E-state index in [0.717, 1.165) is 18.8 Å². The highest BCUT2D eigenvalue weighted by atomic mass is 35.5. The molecule has 0 bridgehead atoms. The van der Waals surface area contributed by atoms with Crippen LogP contribution in [-0.2, 0) is 0 Å². The fourth-order valence-corrected chi connectivity index (χ4v) is 4.33. The van der Waals surface area contributed by atoms with Gasteiger partial charge in [-0.25, -0.2) is 9.97 Å². The van der Waals surface area contributed by atoms with Crippen LogP contribution in [0.5, 0.6) is 0 Å². The van der Waals surface area contributed by atoms with Crippen molar-refractivity contribution in [2.75, 3.05) is 36.4 Å². The first kappa shape index (κ1) is 19.7. The zero-order valence-electron chi connectivity index (χ0n) is 16.4. The van der Waals surface area contributed by atoms with Crippen molar-refractivity contribution in [3.8, 4) is 0 Å². The fourth-order valence-electron chi connectivity index (χ4n) is 3.27. The molecule has 150 valence electrons. The van der Waals surface area contributed by atoms with Gasteiger partial charge in [-0.2, -0.15) is 0 Å². The normalized spacial score (nSPS) is 14.2. The molecule has 8 heteroatoms. The lowest BCUT2D eigenvalue weighted by molar-refractivity contribution is 0.0750. The highest BCUT2D eigenvalue weighted by Gasteiger charge is 2.25. The van der Waals surface area contributed by atoms with E-state index in [4.69, 9.17) is 11.6 Å². The third-order valence-corrected chi connectivity index (χ3v) is 6.20. The number of hydrogen-bond donors (Lipinski definition) is 1. The van der Waals surface area contributed by atoms with E-state index < -0.39 is 0 Å². The number of halogens is 1. The van der Waals surface area contributed by atoms with Crippen LogP contribution in [0.15, 0.2) is 42.6 Å². The lowest BCUT2D eigenvalue weighted by atomic mass is 10.2. The van der Waals surface area contributed by atoms with Gasteiger partial charge < -0.3 is 15.1 Å². The minimum Gasteiger partial charge on any atom is -0.368 e. The number of aryl methyl sites for hydroxylation is 2. The predicted octanol–water partition coefficient (Wildman–Crippen LogP) is 4.51. The molecule has 1 aliphatic rings. The van der Waals surface area contributed by atoms with Crippen LogP contribution in [0, 0.1) is 13.8 Å². The second kappa shape index (κ2) is 8.39. The fraction of sp³-hybridized carbons (Fsp3) is 0.286. The van der Waals surface area contributed by atoms with E-state index >= 15 is 0 Å². The molecule has 0 unspecified atom stereocenters. The minimum atomic E-state index is 0.0423. The van der Waals surface area contributed by atoms with Crippen LogP contribution >= 0.6 is 22.9 Å². The van der Waals surface area contributed by atoms with Crippen molar-refractivity contribution in [2.24, 2.45) is 0 Å². The van der Waals surface area contributed by atoms with E-state index in [1.165, 1.54) is 22.6 Å². The number of amides is 1. The summed E-state index contributed by atoms with van der Waals surface area (Å²) in [4.78, 5) is 26.6. The van der Waals surface area contributed by atoms with Gasteiger partial charge in [-0.15, -0.1) is 0 Å². The largest absolute Gasteiger partial charge is 0.368 e. The summed E-state index contributed by atoms with van der Waals surface area (Å²) >= 11 is 7.23. The van der Waals surface area contributed by atoms with Crippen molar-refractivity contribution in [3.63, 3.8) is 0 Å². The molecule has 0 aliphatic carbocycles. The van der Waals surface area contributed by atoms with Crippen molar-refractivity contribution in [1.29, 1.82) is 0 Å². The molecule has 1 amide bonds. The van der Waals surface area contributed by atoms with Crippen molar-refractivity contribution in [2.45, 2.75) is 13.8 Å². The van der Waals surface area contributed by atoms with Crippen LogP contribution < -0.4 is 10.2 Å². The smallest absolute Gasteiger partial charge is 0.266 e. The average molecular weight is 428 g/mol. The Morgan fingerprint density at radius 1 is 1.07 bits per heavy atom. The topological polar surface area (TPSA) is 61.4 Å². The predicted molar refractivity (Wildman–Crippen MR) is 119 cm³/mol. The third-order valence-electron chi connectivity index (χ3n) is 4.92. The summed E-state index contributed by atoms with van der Waals surface area (Å²) in [6.07, 6.45) is 1.57. The van der Waals surface area contributed by atoms with Crippen molar-refractivity contribution < 1.29 is 4.79 Å². The number of rotatable bonds is 4. The number of carbonyl (C=O) groups excluding carboxylic acids is 1. The maximum Gasteiger partial charge on any atom is 0.266 e. The van der Waals surface area contributed by atoms with Gasteiger partial charge in [0.05, 0.1) is 10.7 Å². The highest BCUT2D eigenvalue weighted by Crippen LogP contribution is 2.27. The zero-order valence-corrected chi connectivity index (χ0v) is 17.9. The summed E-state index contributed by atoms with van der Waals surface area (Å²) in [5.74, 6) is 0.689. The van der Waals surface area contributed by atoms with Gasteiger partial charge >= 0.3 is 0 Å². The van der Waals surface area contributed by atoms with Crippen LogP contribution in [0.2, 0.25) is 5.02 Å². The molecule has 1 N–H and O–H groups in total. The summed E-state index contributed by atoms with van der Waals surface area (Å²) < 4.78 is 0. The first-order valence-electron chi connectivity index (χ1n) is 9.46. The SMILES string of the molecule is Cc1ccc(N2CCN(C(=O)c3sc(Nc4ccc(Cl)cn4)nc3C)CC2)cc1. The first-order valence-corrected chi connectivity index (χ1v) is 10.7. The van der Waals surface area contributed by atoms with E-state index in [9.17, 15) is 4.79 Å². The maximum absolute atomic E-state index is 13.0. The molecule has 0 atom stereocenters. The van der Waals surface area contributed by atoms with Crippen LogP contribution in [0.4, 0.5) is 16.6 Å². The van der Waals surface area contributed by atoms with Gasteiger partial charge in [-0.1, -0.05) is 40.6 Å². The number of nitrogens with zero attached hydrogens (tertiary/aromatic N) is 4. The Hall–Kier alpha value is -2.64. The summed E-state index contributed by atoms with van der Waals surface area (Å²) in [6.45, 7) is 7.01. The lowest BCUT2D eigenvalue weighted by Crippen LogP contribution is -2.48. The summed E-state index contributed by atoms with van der Waals surface area (Å²) in [7, 11) is 0. The number of nitrogens with one attached hydrogen (secondary N) is 1. The molecule has 1 aliphatic heterocycles. The molecule has 4 rings (SSSR count). The summed E-state index contributed by atoms with van der Waals surface area (Å²) in [5, 5.41) is 4.37. The van der Waals surface area contributed by atoms with Gasteiger partial charge in [0, 0.05) is 38.1 Å². The van der Waals surface area contributed by atoms with Crippen LogP contribution in [0.3, 0.4) is 0 Å². The number of piperazine rings is 1. The summed E-state index contributed by atoms with van der Waals surface area (Å²) in [6, 6.07) is 12.1. The number of anilines is 3. The molecule has 0 spiro atoms. The molecule has 3 aromatic rings. The molecular formula is C21H22ClN5OS. The molecule has 0 radical (unpaired) electrons. The average Bonchev–Trinajstić information content (AvgIpc) is 3.10. The van der Waals surface area contributed by atoms with Crippen molar-refractivity contribution in [1.82, 2.24) is 14.9 Å². The molecule has 1 saturated heterocycles. The van der Waals surface area contributed by atoms with Crippen molar-refractivity contribution in [3.05, 3.63) is 63.8 Å². The molecule has 1 aromatic carbocycles. The molecular weight excluding hydrogens is 406 g/mol. The van der Waals surface area contributed by atoms with Gasteiger partial charge in [0.25, 0.3) is 5.91 Å². The van der Waals surface area contributed by atoms with E-state index in [2.05, 4.69) is 51.4 Å². The second-order valence-corrected chi connectivity index (χ2v) is 8.47. The van der Waals surface area contributed by atoms with Gasteiger partial charge in [0.2, 0.25) is 0 Å².